The lowest BCUT2D eigenvalue weighted by Gasteiger charge is -2.36. The fourth-order valence-electron chi connectivity index (χ4n) is 3.16. The third kappa shape index (κ3) is 4.06. The standard InChI is InChI=1S/C17H26N4O2/c1-11-9-19-15(10-18-11)12(2)21-7-5-13(6-8-21)16(22)17(23)20-14-3-4-14/h9-10,12-14,16,22H,3-8H2,1-2H3,(H,20,23)/t12-,16+/m0/s1. The average Bonchev–Trinajstić information content (AvgIpc) is 3.38. The lowest BCUT2D eigenvalue weighted by atomic mass is 9.90. The van der Waals surface area contributed by atoms with Gasteiger partial charge in [0.15, 0.2) is 0 Å². The van der Waals surface area contributed by atoms with E-state index < -0.39 is 6.10 Å². The van der Waals surface area contributed by atoms with Gasteiger partial charge in [-0.15, -0.1) is 0 Å². The van der Waals surface area contributed by atoms with E-state index in [9.17, 15) is 9.90 Å². The molecule has 0 aromatic carbocycles. The van der Waals surface area contributed by atoms with Crippen molar-refractivity contribution in [1.82, 2.24) is 20.2 Å². The van der Waals surface area contributed by atoms with E-state index >= 15 is 0 Å². The second kappa shape index (κ2) is 6.93. The number of nitrogens with zero attached hydrogens (tertiary/aromatic N) is 3. The van der Waals surface area contributed by atoms with Gasteiger partial charge in [0.25, 0.3) is 0 Å². The molecule has 0 spiro atoms. The third-order valence-electron chi connectivity index (χ3n) is 4.99. The lowest BCUT2D eigenvalue weighted by molar-refractivity contribution is -0.133. The molecular formula is C17H26N4O2. The van der Waals surface area contributed by atoms with E-state index in [1.54, 1.807) is 6.20 Å². The molecule has 1 aromatic heterocycles. The summed E-state index contributed by atoms with van der Waals surface area (Å²) < 4.78 is 0. The van der Waals surface area contributed by atoms with Crippen molar-refractivity contribution in [1.29, 1.82) is 0 Å². The number of nitrogens with one attached hydrogen (secondary N) is 1. The Balaban J connectivity index is 1.51. The van der Waals surface area contributed by atoms with Gasteiger partial charge >= 0.3 is 0 Å². The second-order valence-electron chi connectivity index (χ2n) is 6.86. The maximum Gasteiger partial charge on any atom is 0.249 e. The van der Waals surface area contributed by atoms with E-state index in [4.69, 9.17) is 0 Å². The number of aryl methyl sites for hydroxylation is 1. The van der Waals surface area contributed by atoms with Crippen LogP contribution < -0.4 is 5.32 Å². The molecule has 2 atom stereocenters. The van der Waals surface area contributed by atoms with Gasteiger partial charge in [-0.25, -0.2) is 0 Å². The van der Waals surface area contributed by atoms with Crippen LogP contribution in [-0.4, -0.2) is 51.1 Å². The molecule has 2 N–H and O–H groups in total. The molecule has 0 unspecified atom stereocenters. The molecule has 0 radical (unpaired) electrons. The van der Waals surface area contributed by atoms with E-state index in [0.29, 0.717) is 6.04 Å². The average molecular weight is 318 g/mol. The number of likely N-dealkylation sites (tertiary alicyclic amines) is 1. The summed E-state index contributed by atoms with van der Waals surface area (Å²) in [5.41, 5.74) is 1.89. The summed E-state index contributed by atoms with van der Waals surface area (Å²) in [7, 11) is 0. The van der Waals surface area contributed by atoms with Gasteiger partial charge in [-0.2, -0.15) is 0 Å². The van der Waals surface area contributed by atoms with Crippen LogP contribution in [0.25, 0.3) is 0 Å². The fourth-order valence-corrected chi connectivity index (χ4v) is 3.16. The normalized spacial score (nSPS) is 22.6. The van der Waals surface area contributed by atoms with Crippen LogP contribution in [0.2, 0.25) is 0 Å². The van der Waals surface area contributed by atoms with E-state index in [-0.39, 0.29) is 17.9 Å². The number of amides is 1. The Morgan fingerprint density at radius 2 is 1.96 bits per heavy atom. The maximum absolute atomic E-state index is 12.0. The van der Waals surface area contributed by atoms with Gasteiger partial charge in [-0.3, -0.25) is 19.7 Å². The number of carbonyl (C=O) groups excluding carboxylic acids is 1. The Morgan fingerprint density at radius 1 is 1.26 bits per heavy atom. The van der Waals surface area contributed by atoms with Gasteiger partial charge in [0.1, 0.15) is 6.10 Å². The highest BCUT2D eigenvalue weighted by atomic mass is 16.3. The van der Waals surface area contributed by atoms with Crippen LogP contribution >= 0.6 is 0 Å². The van der Waals surface area contributed by atoms with Crippen LogP contribution in [0.4, 0.5) is 0 Å². The molecule has 2 heterocycles. The minimum atomic E-state index is -0.868. The fraction of sp³-hybridized carbons (Fsp3) is 0.706. The SMILES string of the molecule is Cc1cnc([C@H](C)N2CCC([C@@H](O)C(=O)NC3CC3)CC2)cn1. The van der Waals surface area contributed by atoms with Gasteiger partial charge in [0.2, 0.25) is 5.91 Å². The van der Waals surface area contributed by atoms with E-state index in [0.717, 1.165) is 50.2 Å². The number of aliphatic hydroxyl groups is 1. The first-order valence-corrected chi connectivity index (χ1v) is 8.55. The van der Waals surface area contributed by atoms with Crippen LogP contribution in [0.15, 0.2) is 12.4 Å². The van der Waals surface area contributed by atoms with Gasteiger partial charge in [-0.1, -0.05) is 0 Å². The van der Waals surface area contributed by atoms with E-state index in [1.165, 1.54) is 0 Å². The van der Waals surface area contributed by atoms with Crippen molar-refractivity contribution in [3.8, 4) is 0 Å². The van der Waals surface area contributed by atoms with Gasteiger partial charge in [0, 0.05) is 12.2 Å². The monoisotopic (exact) mass is 318 g/mol. The summed E-state index contributed by atoms with van der Waals surface area (Å²) in [6.45, 7) is 5.81. The van der Waals surface area contributed by atoms with E-state index in [2.05, 4.69) is 27.1 Å². The largest absolute Gasteiger partial charge is 0.383 e. The predicted octanol–water partition coefficient (Wildman–Crippen LogP) is 1.20. The number of rotatable bonds is 5. The van der Waals surface area contributed by atoms with Crippen molar-refractivity contribution >= 4 is 5.91 Å². The molecule has 23 heavy (non-hydrogen) atoms. The van der Waals surface area contributed by atoms with Gasteiger partial charge < -0.3 is 10.4 Å². The summed E-state index contributed by atoms with van der Waals surface area (Å²) in [6, 6.07) is 0.513. The topological polar surface area (TPSA) is 78.3 Å². The maximum atomic E-state index is 12.0. The second-order valence-corrected chi connectivity index (χ2v) is 6.86. The zero-order valence-corrected chi connectivity index (χ0v) is 13.9. The molecule has 0 bridgehead atoms. The summed E-state index contributed by atoms with van der Waals surface area (Å²) >= 11 is 0. The molecule has 2 fully saturated rings. The number of aromatic nitrogens is 2. The Kier molecular flexibility index (Phi) is 4.92. The number of piperidine rings is 1. The molecule has 1 aliphatic carbocycles. The summed E-state index contributed by atoms with van der Waals surface area (Å²) in [5, 5.41) is 13.1. The lowest BCUT2D eigenvalue weighted by Crippen LogP contribution is -2.45. The molecule has 3 rings (SSSR count). The number of carbonyl (C=O) groups is 1. The Morgan fingerprint density at radius 3 is 2.52 bits per heavy atom. The van der Waals surface area contributed by atoms with Crippen molar-refractivity contribution < 1.29 is 9.90 Å². The van der Waals surface area contributed by atoms with E-state index in [1.807, 2.05) is 13.1 Å². The van der Waals surface area contributed by atoms with Crippen molar-refractivity contribution in [2.24, 2.45) is 5.92 Å². The highest BCUT2D eigenvalue weighted by Crippen LogP contribution is 2.28. The Hall–Kier alpha value is -1.53. The Labute approximate surface area is 137 Å². The summed E-state index contributed by atoms with van der Waals surface area (Å²) in [4.78, 5) is 23.1. The summed E-state index contributed by atoms with van der Waals surface area (Å²) in [6.07, 6.45) is 6.53. The smallest absolute Gasteiger partial charge is 0.249 e. The summed E-state index contributed by atoms with van der Waals surface area (Å²) in [5.74, 6) is -0.135. The molecule has 1 saturated carbocycles. The molecule has 1 amide bonds. The molecule has 1 saturated heterocycles. The van der Waals surface area contributed by atoms with Crippen molar-refractivity contribution in [2.75, 3.05) is 13.1 Å². The Bertz CT molecular complexity index is 536. The predicted molar refractivity (Wildman–Crippen MR) is 86.7 cm³/mol. The zero-order valence-electron chi connectivity index (χ0n) is 13.9. The van der Waals surface area contributed by atoms with Crippen molar-refractivity contribution in [2.45, 2.75) is 57.7 Å². The number of aliphatic hydroxyl groups excluding tert-OH is 1. The molecule has 1 aliphatic heterocycles. The number of hydrogen-bond donors (Lipinski definition) is 2. The molecule has 2 aliphatic rings. The van der Waals surface area contributed by atoms with Crippen LogP contribution in [0, 0.1) is 12.8 Å². The quantitative estimate of drug-likeness (QED) is 0.853. The molecule has 126 valence electrons. The zero-order chi connectivity index (χ0) is 16.4. The molecule has 1 aromatic rings. The van der Waals surface area contributed by atoms with Crippen molar-refractivity contribution in [3.63, 3.8) is 0 Å². The van der Waals surface area contributed by atoms with Crippen LogP contribution in [0.1, 0.15) is 50.0 Å². The first kappa shape index (κ1) is 16.3. The first-order chi connectivity index (χ1) is 11.0. The number of hydrogen-bond acceptors (Lipinski definition) is 5. The minimum absolute atomic E-state index is 0.0568. The molecule has 6 heteroatoms. The minimum Gasteiger partial charge on any atom is -0.383 e. The molecular weight excluding hydrogens is 292 g/mol. The van der Waals surface area contributed by atoms with Crippen molar-refractivity contribution in [3.05, 3.63) is 23.8 Å². The highest BCUT2D eigenvalue weighted by molar-refractivity contribution is 5.81. The first-order valence-electron chi connectivity index (χ1n) is 8.55. The van der Waals surface area contributed by atoms with Crippen LogP contribution in [0.3, 0.4) is 0 Å². The van der Waals surface area contributed by atoms with Crippen LogP contribution in [-0.2, 0) is 4.79 Å². The molecule has 6 nitrogen and oxygen atoms in total. The third-order valence-corrected chi connectivity index (χ3v) is 4.99. The van der Waals surface area contributed by atoms with Gasteiger partial charge in [0.05, 0.1) is 23.6 Å². The van der Waals surface area contributed by atoms with Crippen LogP contribution in [0.5, 0.6) is 0 Å². The highest BCUT2D eigenvalue weighted by Gasteiger charge is 2.34. The van der Waals surface area contributed by atoms with Gasteiger partial charge in [-0.05, 0) is 58.5 Å².